The lowest BCUT2D eigenvalue weighted by molar-refractivity contribution is 0.0497. The van der Waals surface area contributed by atoms with Crippen molar-refractivity contribution >= 4 is 0 Å². The average molecular weight is 156 g/mol. The molecule has 0 aliphatic rings. The number of aliphatic hydroxyl groups excluding tert-OH is 1. The first-order valence-corrected chi connectivity index (χ1v) is 3.47. The molecular weight excluding hydrogens is 144 g/mol. The molecule has 0 aliphatic heterocycles. The van der Waals surface area contributed by atoms with Crippen LogP contribution >= 0.6 is 0 Å². The van der Waals surface area contributed by atoms with E-state index in [2.05, 4.69) is 0 Å². The van der Waals surface area contributed by atoms with E-state index in [1.807, 2.05) is 13.0 Å². The molecule has 0 radical (unpaired) electrons. The first-order valence-electron chi connectivity index (χ1n) is 3.47. The van der Waals surface area contributed by atoms with Crippen molar-refractivity contribution in [3.05, 3.63) is 23.7 Å². The van der Waals surface area contributed by atoms with Crippen molar-refractivity contribution in [1.82, 2.24) is 0 Å². The molecule has 1 atom stereocenters. The molecule has 0 aliphatic carbocycles. The molecule has 62 valence electrons. The average Bonchev–Trinajstić information content (AvgIpc) is 2.36. The Morgan fingerprint density at radius 3 is 2.82 bits per heavy atom. The molecule has 0 fully saturated rings. The van der Waals surface area contributed by atoms with Crippen LogP contribution in [0.1, 0.15) is 17.6 Å². The molecule has 1 rings (SSSR count). The number of aryl methyl sites for hydroxylation is 1. The van der Waals surface area contributed by atoms with Gasteiger partial charge in [-0.2, -0.15) is 0 Å². The Hall–Kier alpha value is -0.800. The maximum absolute atomic E-state index is 9.32. The van der Waals surface area contributed by atoms with E-state index in [0.29, 0.717) is 5.76 Å². The first kappa shape index (κ1) is 8.30. The molecule has 11 heavy (non-hydrogen) atoms. The van der Waals surface area contributed by atoms with E-state index in [4.69, 9.17) is 9.15 Å². The third-order valence-electron chi connectivity index (χ3n) is 1.41. The minimum atomic E-state index is -0.645. The number of ether oxygens (including phenoxy) is 1. The van der Waals surface area contributed by atoms with E-state index < -0.39 is 6.10 Å². The predicted molar refractivity (Wildman–Crippen MR) is 40.3 cm³/mol. The van der Waals surface area contributed by atoms with Gasteiger partial charge in [-0.1, -0.05) is 0 Å². The highest BCUT2D eigenvalue weighted by molar-refractivity contribution is 5.07. The van der Waals surface area contributed by atoms with Crippen molar-refractivity contribution in [2.45, 2.75) is 13.0 Å². The molecule has 3 nitrogen and oxygen atoms in total. The minimum absolute atomic E-state index is 0.271. The zero-order valence-corrected chi connectivity index (χ0v) is 6.70. The maximum Gasteiger partial charge on any atom is 0.135 e. The molecule has 1 heterocycles. The van der Waals surface area contributed by atoms with Gasteiger partial charge in [-0.15, -0.1) is 0 Å². The second-order valence-corrected chi connectivity index (χ2v) is 2.42. The van der Waals surface area contributed by atoms with Gasteiger partial charge in [-0.3, -0.25) is 0 Å². The summed E-state index contributed by atoms with van der Waals surface area (Å²) in [6.07, 6.45) is -0.645. The third-order valence-corrected chi connectivity index (χ3v) is 1.41. The number of hydrogen-bond acceptors (Lipinski definition) is 3. The van der Waals surface area contributed by atoms with E-state index >= 15 is 0 Å². The van der Waals surface area contributed by atoms with Crippen molar-refractivity contribution in [1.29, 1.82) is 0 Å². The van der Waals surface area contributed by atoms with Gasteiger partial charge in [-0.05, 0) is 19.1 Å². The Morgan fingerprint density at radius 2 is 2.36 bits per heavy atom. The lowest BCUT2D eigenvalue weighted by Crippen LogP contribution is -2.03. The molecule has 0 aromatic carbocycles. The van der Waals surface area contributed by atoms with Gasteiger partial charge in [0.2, 0.25) is 0 Å². The quantitative estimate of drug-likeness (QED) is 0.716. The zero-order valence-electron chi connectivity index (χ0n) is 6.70. The predicted octanol–water partition coefficient (Wildman–Crippen LogP) is 1.27. The van der Waals surface area contributed by atoms with Crippen LogP contribution in [0, 0.1) is 6.92 Å². The fraction of sp³-hybridized carbons (Fsp3) is 0.500. The molecule has 0 saturated carbocycles. The molecule has 1 aromatic rings. The van der Waals surface area contributed by atoms with Crippen LogP contribution in [-0.4, -0.2) is 18.8 Å². The highest BCUT2D eigenvalue weighted by atomic mass is 16.5. The Labute approximate surface area is 65.6 Å². The van der Waals surface area contributed by atoms with Gasteiger partial charge in [0, 0.05) is 7.11 Å². The van der Waals surface area contributed by atoms with Gasteiger partial charge < -0.3 is 14.3 Å². The molecular formula is C8H12O3. The van der Waals surface area contributed by atoms with Gasteiger partial charge in [0.25, 0.3) is 0 Å². The number of rotatable bonds is 3. The molecule has 0 spiro atoms. The van der Waals surface area contributed by atoms with Crippen molar-refractivity contribution in [2.24, 2.45) is 0 Å². The van der Waals surface area contributed by atoms with E-state index in [9.17, 15) is 5.11 Å². The van der Waals surface area contributed by atoms with Gasteiger partial charge >= 0.3 is 0 Å². The summed E-state index contributed by atoms with van der Waals surface area (Å²) in [5.74, 6) is 1.36. The Kier molecular flexibility index (Phi) is 2.68. The Balaban J connectivity index is 2.60. The largest absolute Gasteiger partial charge is 0.464 e. The summed E-state index contributed by atoms with van der Waals surface area (Å²) >= 11 is 0. The summed E-state index contributed by atoms with van der Waals surface area (Å²) in [6.45, 7) is 2.11. The fourth-order valence-electron chi connectivity index (χ4n) is 0.873. The summed E-state index contributed by atoms with van der Waals surface area (Å²) in [4.78, 5) is 0. The van der Waals surface area contributed by atoms with Gasteiger partial charge in [0.15, 0.2) is 0 Å². The van der Waals surface area contributed by atoms with E-state index in [-0.39, 0.29) is 6.61 Å². The van der Waals surface area contributed by atoms with Crippen molar-refractivity contribution < 1.29 is 14.3 Å². The molecule has 0 amide bonds. The molecule has 0 saturated heterocycles. The highest BCUT2D eigenvalue weighted by Crippen LogP contribution is 2.15. The van der Waals surface area contributed by atoms with Crippen LogP contribution in [0.25, 0.3) is 0 Å². The summed E-state index contributed by atoms with van der Waals surface area (Å²) in [7, 11) is 1.54. The van der Waals surface area contributed by atoms with Crippen LogP contribution in [0.4, 0.5) is 0 Å². The Bertz CT molecular complexity index is 217. The molecule has 3 heteroatoms. The van der Waals surface area contributed by atoms with Crippen molar-refractivity contribution in [3.8, 4) is 0 Å². The lowest BCUT2D eigenvalue weighted by Gasteiger charge is -2.04. The fourth-order valence-corrected chi connectivity index (χ4v) is 0.873. The van der Waals surface area contributed by atoms with E-state index in [0.717, 1.165) is 5.76 Å². The number of aliphatic hydroxyl groups is 1. The zero-order chi connectivity index (χ0) is 8.27. The minimum Gasteiger partial charge on any atom is -0.464 e. The number of hydrogen-bond donors (Lipinski definition) is 1. The van der Waals surface area contributed by atoms with Gasteiger partial charge in [-0.25, -0.2) is 0 Å². The second kappa shape index (κ2) is 3.55. The molecule has 0 bridgehead atoms. The normalized spacial score (nSPS) is 13.4. The van der Waals surface area contributed by atoms with Crippen LogP contribution in [0.2, 0.25) is 0 Å². The van der Waals surface area contributed by atoms with E-state index in [1.165, 1.54) is 0 Å². The van der Waals surface area contributed by atoms with Crippen molar-refractivity contribution in [2.75, 3.05) is 13.7 Å². The monoisotopic (exact) mass is 156 g/mol. The summed E-state index contributed by atoms with van der Waals surface area (Å²) in [6, 6.07) is 3.56. The van der Waals surface area contributed by atoms with Crippen molar-refractivity contribution in [3.63, 3.8) is 0 Å². The summed E-state index contributed by atoms with van der Waals surface area (Å²) < 4.78 is 9.93. The SMILES string of the molecule is COCC(O)c1ccc(C)o1. The maximum atomic E-state index is 9.32. The topological polar surface area (TPSA) is 42.6 Å². The smallest absolute Gasteiger partial charge is 0.135 e. The van der Waals surface area contributed by atoms with Gasteiger partial charge in [0.05, 0.1) is 6.61 Å². The molecule has 1 unspecified atom stereocenters. The van der Waals surface area contributed by atoms with Crippen LogP contribution in [0.5, 0.6) is 0 Å². The molecule has 1 aromatic heterocycles. The molecule has 1 N–H and O–H groups in total. The standard InChI is InChI=1S/C8H12O3/c1-6-3-4-8(11-6)7(9)5-10-2/h3-4,7,9H,5H2,1-2H3. The number of methoxy groups -OCH3 is 1. The van der Waals surface area contributed by atoms with Crippen LogP contribution in [-0.2, 0) is 4.74 Å². The van der Waals surface area contributed by atoms with Crippen LogP contribution in [0.15, 0.2) is 16.5 Å². The second-order valence-electron chi connectivity index (χ2n) is 2.42. The van der Waals surface area contributed by atoms with Crippen LogP contribution in [0.3, 0.4) is 0 Å². The lowest BCUT2D eigenvalue weighted by atomic mass is 10.3. The van der Waals surface area contributed by atoms with E-state index in [1.54, 1.807) is 13.2 Å². The Morgan fingerprint density at radius 1 is 1.64 bits per heavy atom. The first-order chi connectivity index (χ1) is 5.24. The van der Waals surface area contributed by atoms with Crippen LogP contribution < -0.4 is 0 Å². The summed E-state index contributed by atoms with van der Waals surface area (Å²) in [5.41, 5.74) is 0. The van der Waals surface area contributed by atoms with Gasteiger partial charge in [0.1, 0.15) is 17.6 Å². The third kappa shape index (κ3) is 2.06. The number of furan rings is 1. The summed E-state index contributed by atoms with van der Waals surface area (Å²) in [5, 5.41) is 9.32. The highest BCUT2D eigenvalue weighted by Gasteiger charge is 2.09.